The second-order valence-electron chi connectivity index (χ2n) is 7.69. The number of fused-ring (bicyclic) bond motifs is 1. The maximum atomic E-state index is 12.2. The number of carboxylic acid groups (broad SMARTS) is 1. The Hall–Kier alpha value is -2.66. The van der Waals surface area contributed by atoms with Gasteiger partial charge in [-0.3, -0.25) is 9.59 Å². The molecule has 1 amide bonds. The Kier molecular flexibility index (Phi) is 7.42. The van der Waals surface area contributed by atoms with Gasteiger partial charge in [0.05, 0.1) is 12.1 Å². The Morgan fingerprint density at radius 3 is 2.66 bits per heavy atom. The van der Waals surface area contributed by atoms with Gasteiger partial charge < -0.3 is 15.1 Å². The smallest absolute Gasteiger partial charge is 0.303 e. The molecule has 2 aromatic carbocycles. The highest BCUT2D eigenvalue weighted by molar-refractivity contribution is 5.83. The normalized spacial score (nSPS) is 18.0. The minimum atomic E-state index is -0.755. The first-order chi connectivity index (χ1) is 14.0. The Labute approximate surface area is 171 Å². The second kappa shape index (κ2) is 10.2. The molecule has 0 aliphatic carbocycles. The van der Waals surface area contributed by atoms with Gasteiger partial charge in [-0.2, -0.15) is 0 Å². The number of hydrogen-bond donors (Lipinski definition) is 2. The molecule has 2 N–H and O–H groups in total. The lowest BCUT2D eigenvalue weighted by Crippen LogP contribution is -2.32. The topological polar surface area (TPSA) is 77.8 Å². The third-order valence-corrected chi connectivity index (χ3v) is 5.54. The van der Waals surface area contributed by atoms with Crippen molar-refractivity contribution in [1.29, 1.82) is 0 Å². The molecule has 2 unspecified atom stereocenters. The standard InChI is InChI=1S/C24H29NO4/c26-22(20-11-10-18-7-4-5-8-19(18)17-20)14-12-21-13-15-23(27)25(21)16-6-2-1-3-9-24(28)29/h4-5,7-8,10-12,14,17,21-22,26H,1-3,6,9,13,15-16H2,(H,28,29)/b14-12+. The van der Waals surface area contributed by atoms with Gasteiger partial charge in [-0.1, -0.05) is 61.4 Å². The first-order valence-corrected chi connectivity index (χ1v) is 10.4. The fraction of sp³-hybridized carbons (Fsp3) is 0.417. The van der Waals surface area contributed by atoms with Crippen LogP contribution in [0.25, 0.3) is 10.8 Å². The molecule has 0 bridgehead atoms. The van der Waals surface area contributed by atoms with Crippen LogP contribution in [0, 0.1) is 0 Å². The van der Waals surface area contributed by atoms with E-state index in [1.54, 1.807) is 6.08 Å². The van der Waals surface area contributed by atoms with Crippen LogP contribution in [0.2, 0.25) is 0 Å². The van der Waals surface area contributed by atoms with Crippen LogP contribution < -0.4 is 0 Å². The summed E-state index contributed by atoms with van der Waals surface area (Å²) in [6.07, 6.45) is 7.92. The number of amides is 1. The largest absolute Gasteiger partial charge is 0.481 e. The van der Waals surface area contributed by atoms with Crippen molar-refractivity contribution in [2.75, 3.05) is 6.54 Å². The minimum Gasteiger partial charge on any atom is -0.481 e. The summed E-state index contributed by atoms with van der Waals surface area (Å²) in [6, 6.07) is 14.0. The zero-order valence-corrected chi connectivity index (χ0v) is 16.7. The quantitative estimate of drug-likeness (QED) is 0.460. The van der Waals surface area contributed by atoms with Crippen LogP contribution in [0.4, 0.5) is 0 Å². The van der Waals surface area contributed by atoms with Crippen LogP contribution in [0.5, 0.6) is 0 Å². The lowest BCUT2D eigenvalue weighted by atomic mass is 10.0. The average Bonchev–Trinajstić information content (AvgIpc) is 3.07. The van der Waals surface area contributed by atoms with E-state index in [0.29, 0.717) is 19.4 Å². The predicted molar refractivity (Wildman–Crippen MR) is 114 cm³/mol. The van der Waals surface area contributed by atoms with Gasteiger partial charge in [0, 0.05) is 19.4 Å². The van der Waals surface area contributed by atoms with Crippen LogP contribution in [-0.2, 0) is 9.59 Å². The first-order valence-electron chi connectivity index (χ1n) is 10.4. The number of nitrogens with zero attached hydrogens (tertiary/aromatic N) is 1. The Morgan fingerprint density at radius 2 is 1.86 bits per heavy atom. The molecule has 3 rings (SSSR count). The van der Waals surface area contributed by atoms with Crippen molar-refractivity contribution >= 4 is 22.6 Å². The van der Waals surface area contributed by atoms with E-state index in [4.69, 9.17) is 5.11 Å². The number of aliphatic carboxylic acids is 1. The number of benzene rings is 2. The minimum absolute atomic E-state index is 0.0247. The van der Waals surface area contributed by atoms with E-state index < -0.39 is 12.1 Å². The van der Waals surface area contributed by atoms with Crippen molar-refractivity contribution < 1.29 is 19.8 Å². The lowest BCUT2D eigenvalue weighted by molar-refractivity contribution is -0.137. The van der Waals surface area contributed by atoms with E-state index in [-0.39, 0.29) is 18.4 Å². The number of likely N-dealkylation sites (tertiary alicyclic amines) is 1. The molecular formula is C24H29NO4. The van der Waals surface area contributed by atoms with Crippen molar-refractivity contribution in [3.63, 3.8) is 0 Å². The molecule has 154 valence electrons. The molecule has 1 aliphatic rings. The molecule has 2 atom stereocenters. The van der Waals surface area contributed by atoms with Crippen molar-refractivity contribution in [1.82, 2.24) is 4.90 Å². The summed E-state index contributed by atoms with van der Waals surface area (Å²) in [6.45, 7) is 0.687. The monoisotopic (exact) mass is 395 g/mol. The summed E-state index contributed by atoms with van der Waals surface area (Å²) in [7, 11) is 0. The van der Waals surface area contributed by atoms with Gasteiger partial charge in [0.1, 0.15) is 0 Å². The highest BCUT2D eigenvalue weighted by Crippen LogP contribution is 2.24. The summed E-state index contributed by atoms with van der Waals surface area (Å²) in [5.74, 6) is -0.597. The van der Waals surface area contributed by atoms with Crippen LogP contribution in [0.15, 0.2) is 54.6 Å². The van der Waals surface area contributed by atoms with Crippen LogP contribution in [0.3, 0.4) is 0 Å². The van der Waals surface area contributed by atoms with Crippen LogP contribution in [-0.4, -0.2) is 39.6 Å². The zero-order valence-electron chi connectivity index (χ0n) is 16.7. The molecule has 1 saturated heterocycles. The number of aliphatic hydroxyl groups excluding tert-OH is 1. The molecular weight excluding hydrogens is 366 g/mol. The number of hydrogen-bond acceptors (Lipinski definition) is 3. The van der Waals surface area contributed by atoms with Gasteiger partial charge in [0.2, 0.25) is 5.91 Å². The molecule has 1 aliphatic heterocycles. The fourth-order valence-electron chi connectivity index (χ4n) is 3.89. The molecule has 29 heavy (non-hydrogen) atoms. The van der Waals surface area contributed by atoms with Gasteiger partial charge in [0.25, 0.3) is 0 Å². The Morgan fingerprint density at radius 1 is 1.10 bits per heavy atom. The van der Waals surface area contributed by atoms with E-state index in [9.17, 15) is 14.7 Å². The molecule has 0 saturated carbocycles. The van der Waals surface area contributed by atoms with E-state index in [2.05, 4.69) is 0 Å². The maximum Gasteiger partial charge on any atom is 0.303 e. The molecule has 0 radical (unpaired) electrons. The predicted octanol–water partition coefficient (Wildman–Crippen LogP) is 4.46. The number of carboxylic acids is 1. The van der Waals surface area contributed by atoms with Gasteiger partial charge >= 0.3 is 5.97 Å². The summed E-state index contributed by atoms with van der Waals surface area (Å²) in [4.78, 5) is 24.6. The van der Waals surface area contributed by atoms with Crippen molar-refractivity contribution in [3.8, 4) is 0 Å². The van der Waals surface area contributed by atoms with Gasteiger partial charge in [-0.15, -0.1) is 0 Å². The third kappa shape index (κ3) is 5.91. The Bertz CT molecular complexity index is 876. The van der Waals surface area contributed by atoms with E-state index >= 15 is 0 Å². The molecule has 5 heteroatoms. The van der Waals surface area contributed by atoms with Gasteiger partial charge in [-0.05, 0) is 41.7 Å². The first kappa shape index (κ1) is 21.1. The summed E-state index contributed by atoms with van der Waals surface area (Å²) < 4.78 is 0. The summed E-state index contributed by atoms with van der Waals surface area (Å²) >= 11 is 0. The highest BCUT2D eigenvalue weighted by Gasteiger charge is 2.28. The summed E-state index contributed by atoms with van der Waals surface area (Å²) in [5, 5.41) is 21.5. The van der Waals surface area contributed by atoms with Crippen LogP contribution >= 0.6 is 0 Å². The third-order valence-electron chi connectivity index (χ3n) is 5.54. The molecule has 2 aromatic rings. The average molecular weight is 395 g/mol. The van der Waals surface area contributed by atoms with Crippen molar-refractivity contribution in [2.24, 2.45) is 0 Å². The number of rotatable bonds is 10. The summed E-state index contributed by atoms with van der Waals surface area (Å²) in [5.41, 5.74) is 0.842. The second-order valence-corrected chi connectivity index (χ2v) is 7.69. The SMILES string of the molecule is O=C(O)CCCCCCN1C(=O)CCC1/C=C/C(O)c1ccc2ccccc2c1. The number of unbranched alkanes of at least 4 members (excludes halogenated alkanes) is 3. The van der Waals surface area contributed by atoms with Crippen molar-refractivity contribution in [3.05, 3.63) is 60.2 Å². The molecule has 0 aromatic heterocycles. The number of carbonyl (C=O) groups excluding carboxylic acids is 1. The fourth-order valence-corrected chi connectivity index (χ4v) is 3.89. The van der Waals surface area contributed by atoms with E-state index in [1.165, 1.54) is 0 Å². The van der Waals surface area contributed by atoms with E-state index in [1.807, 2.05) is 53.4 Å². The molecule has 1 heterocycles. The molecule has 0 spiro atoms. The maximum absolute atomic E-state index is 12.2. The highest BCUT2D eigenvalue weighted by atomic mass is 16.4. The van der Waals surface area contributed by atoms with Gasteiger partial charge in [-0.25, -0.2) is 0 Å². The van der Waals surface area contributed by atoms with Gasteiger partial charge in [0.15, 0.2) is 0 Å². The zero-order chi connectivity index (χ0) is 20.6. The Balaban J connectivity index is 1.53. The van der Waals surface area contributed by atoms with Crippen molar-refractivity contribution in [2.45, 2.75) is 57.1 Å². The molecule has 1 fully saturated rings. The lowest BCUT2D eigenvalue weighted by Gasteiger charge is -2.22. The molecule has 5 nitrogen and oxygen atoms in total. The number of aliphatic hydroxyl groups is 1. The number of carbonyl (C=O) groups is 2. The van der Waals surface area contributed by atoms with Crippen LogP contribution in [0.1, 0.15) is 56.6 Å². The van der Waals surface area contributed by atoms with E-state index in [0.717, 1.165) is 42.0 Å².